The highest BCUT2D eigenvalue weighted by Gasteiger charge is 2.54. The Balaban J connectivity index is 1.47. The number of carbonyl (C=O) groups is 4. The van der Waals surface area contributed by atoms with Gasteiger partial charge in [-0.3, -0.25) is 19.3 Å². The molecule has 6 N–H and O–H groups in total. The van der Waals surface area contributed by atoms with Crippen LogP contribution in [-0.2, 0) is 25.8 Å². The normalized spacial score (nSPS) is 19.4. The van der Waals surface area contributed by atoms with Gasteiger partial charge in [-0.15, -0.1) is 11.8 Å². The molecule has 2 aliphatic heterocycles. The van der Waals surface area contributed by atoms with Gasteiger partial charge in [-0.25, -0.2) is 9.36 Å². The van der Waals surface area contributed by atoms with Gasteiger partial charge in [0.1, 0.15) is 24.2 Å². The van der Waals surface area contributed by atoms with Crippen molar-refractivity contribution in [3.8, 4) is 0 Å². The number of carbonyl (C=O) groups excluding carboxylic acids is 3. The molecular weight excluding hydrogens is 524 g/mol. The molecule has 0 aromatic carbocycles. The minimum Gasteiger partial charge on any atom is -0.477 e. The molecule has 3 amide bonds. The number of primary amides is 1. The van der Waals surface area contributed by atoms with E-state index < -0.39 is 35.1 Å². The molecule has 4 rings (SSSR count). The first-order valence-corrected chi connectivity index (χ1v) is 12.4. The van der Waals surface area contributed by atoms with Crippen molar-refractivity contribution >= 4 is 57.8 Å². The molecule has 1 saturated heterocycles. The van der Waals surface area contributed by atoms with Crippen LogP contribution in [0.3, 0.4) is 0 Å². The molecule has 2 aliphatic rings. The van der Waals surface area contributed by atoms with Gasteiger partial charge in [0.2, 0.25) is 17.4 Å². The molecule has 192 valence electrons. The van der Waals surface area contributed by atoms with Crippen molar-refractivity contribution in [1.29, 1.82) is 0 Å². The Kier molecular flexibility index (Phi) is 7.49. The summed E-state index contributed by atoms with van der Waals surface area (Å²) in [6.07, 6.45) is 6.73. The van der Waals surface area contributed by atoms with Gasteiger partial charge in [0.15, 0.2) is 24.1 Å². The maximum absolute atomic E-state index is 12.9. The molecule has 2 aromatic rings. The van der Waals surface area contributed by atoms with Crippen LogP contribution in [0.5, 0.6) is 0 Å². The molecule has 0 aliphatic carbocycles. The number of nitrogens with zero attached hydrogens (tertiary/aromatic N) is 5. The highest BCUT2D eigenvalue weighted by Crippen LogP contribution is 2.40. The number of thioether (sulfide) groups is 1. The number of nitrogen functional groups attached to an aromatic ring is 1. The number of amides is 3. The highest BCUT2D eigenvalue weighted by atomic mass is 32.2. The first-order valence-electron chi connectivity index (χ1n) is 10.6. The Hall–Kier alpha value is -4.31. The molecule has 14 nitrogen and oxygen atoms in total. The van der Waals surface area contributed by atoms with Crippen LogP contribution in [0, 0.1) is 0 Å². The first kappa shape index (κ1) is 25.8. The Morgan fingerprint density at radius 2 is 2.11 bits per heavy atom. The Bertz CT molecular complexity index is 1350. The van der Waals surface area contributed by atoms with Crippen molar-refractivity contribution in [3.05, 3.63) is 59.3 Å². The molecule has 16 heteroatoms. The van der Waals surface area contributed by atoms with Crippen LogP contribution in [0.4, 0.5) is 5.13 Å². The summed E-state index contributed by atoms with van der Waals surface area (Å²) in [4.78, 5) is 58.7. The number of pyridine rings is 1. The number of fused-ring (bicyclic) bond motifs is 1. The summed E-state index contributed by atoms with van der Waals surface area (Å²) in [6, 6.07) is 2.18. The number of aromatic nitrogens is 3. The van der Waals surface area contributed by atoms with E-state index in [0.717, 1.165) is 16.4 Å². The summed E-state index contributed by atoms with van der Waals surface area (Å²) in [7, 11) is 1.24. The van der Waals surface area contributed by atoms with Crippen LogP contribution in [0.15, 0.2) is 53.1 Å². The average Bonchev–Trinajstić information content (AvgIpc) is 3.31. The lowest BCUT2D eigenvalue weighted by Gasteiger charge is -2.49. The predicted octanol–water partition coefficient (Wildman–Crippen LogP) is -1.15. The standard InChI is InChI=1S/C21H20N8O6S2/c1-35-26-12(16-25-21(23)37-27-16)17(31)24-13-18(32)29-14(20(33)34)11(9-36-19(13)29)3-2-6-28-7-4-10(5-8-28)15(22)30/h2-5,7-8,13,19H,6,9H2,1H3,(H5-,22,23,24,25,27,30,31,33,34)/p+1/t13?,19-/m0/s1. The average molecular weight is 546 g/mol. The maximum atomic E-state index is 12.9. The van der Waals surface area contributed by atoms with Crippen molar-refractivity contribution in [2.24, 2.45) is 10.9 Å². The van der Waals surface area contributed by atoms with Gasteiger partial charge in [0, 0.05) is 29.4 Å². The molecule has 0 spiro atoms. The lowest BCUT2D eigenvalue weighted by Crippen LogP contribution is -2.71. The number of rotatable bonds is 9. The molecule has 1 unspecified atom stereocenters. The number of anilines is 1. The third-order valence-electron chi connectivity index (χ3n) is 5.35. The van der Waals surface area contributed by atoms with Gasteiger partial charge in [-0.05, 0) is 11.6 Å². The second-order valence-electron chi connectivity index (χ2n) is 7.67. The highest BCUT2D eigenvalue weighted by molar-refractivity contribution is 8.00. The Labute approximate surface area is 217 Å². The number of carboxylic acids is 1. The first-order chi connectivity index (χ1) is 17.7. The molecule has 2 aromatic heterocycles. The number of allylic oxidation sites excluding steroid dienone is 2. The van der Waals surface area contributed by atoms with Crippen LogP contribution in [-0.4, -0.2) is 73.0 Å². The molecule has 1 fully saturated rings. The molecule has 0 bridgehead atoms. The number of aliphatic carboxylic acids is 1. The zero-order valence-electron chi connectivity index (χ0n) is 19.2. The lowest BCUT2D eigenvalue weighted by atomic mass is 10.0. The van der Waals surface area contributed by atoms with Gasteiger partial charge in [-0.2, -0.15) is 9.36 Å². The van der Waals surface area contributed by atoms with Gasteiger partial charge in [-0.1, -0.05) is 11.2 Å². The summed E-state index contributed by atoms with van der Waals surface area (Å²) in [5.74, 6) is -2.88. The minimum atomic E-state index is -1.26. The SMILES string of the molecule is CON=C(C(=O)NC1C(=O)N2C(C(=O)O)=C(C=CC[n+]3ccc(C(N)=O)cc3)CS[C@@H]12)c1nsc(N)n1. The third-order valence-corrected chi connectivity index (χ3v) is 7.19. The second-order valence-corrected chi connectivity index (χ2v) is 9.56. The molecule has 0 saturated carbocycles. The monoisotopic (exact) mass is 545 g/mol. The van der Waals surface area contributed by atoms with E-state index in [9.17, 15) is 24.3 Å². The summed E-state index contributed by atoms with van der Waals surface area (Å²) in [5, 5.41) is 15.5. The number of nitrogens with one attached hydrogen (secondary N) is 1. The van der Waals surface area contributed by atoms with Crippen molar-refractivity contribution in [1.82, 2.24) is 19.6 Å². The number of carboxylic acid groups (broad SMARTS) is 1. The number of oxime groups is 1. The number of β-lactam (4-membered cyclic amide) rings is 1. The van der Waals surface area contributed by atoms with Gasteiger partial charge < -0.3 is 26.7 Å². The summed E-state index contributed by atoms with van der Waals surface area (Å²) >= 11 is 2.18. The summed E-state index contributed by atoms with van der Waals surface area (Å²) in [5.41, 5.74) is 11.2. The topological polar surface area (TPSA) is 207 Å². The molecule has 2 atom stereocenters. The van der Waals surface area contributed by atoms with E-state index in [-0.39, 0.29) is 22.4 Å². The molecule has 0 radical (unpaired) electrons. The number of nitrogens with two attached hydrogens (primary N) is 2. The van der Waals surface area contributed by atoms with Crippen molar-refractivity contribution in [2.75, 3.05) is 18.6 Å². The van der Waals surface area contributed by atoms with Crippen LogP contribution < -0.4 is 21.4 Å². The number of hydrogen-bond acceptors (Lipinski definition) is 11. The number of hydrogen-bond donors (Lipinski definition) is 4. The molecular formula is C21H21N8O6S2+. The van der Waals surface area contributed by atoms with Gasteiger partial charge in [0.25, 0.3) is 11.8 Å². The third kappa shape index (κ3) is 5.29. The van der Waals surface area contributed by atoms with E-state index in [1.54, 1.807) is 41.2 Å². The fourth-order valence-corrected chi connectivity index (χ4v) is 5.40. The largest absolute Gasteiger partial charge is 0.477 e. The minimum absolute atomic E-state index is 0.0533. The van der Waals surface area contributed by atoms with Crippen LogP contribution in [0.25, 0.3) is 0 Å². The lowest BCUT2D eigenvalue weighted by molar-refractivity contribution is -0.687. The van der Waals surface area contributed by atoms with Crippen LogP contribution in [0.1, 0.15) is 16.2 Å². The second kappa shape index (κ2) is 10.8. The smallest absolute Gasteiger partial charge is 0.352 e. The van der Waals surface area contributed by atoms with Crippen molar-refractivity contribution in [3.63, 3.8) is 0 Å². The van der Waals surface area contributed by atoms with Gasteiger partial charge >= 0.3 is 5.97 Å². The van der Waals surface area contributed by atoms with E-state index >= 15 is 0 Å². The van der Waals surface area contributed by atoms with Crippen LogP contribution in [0.2, 0.25) is 0 Å². The van der Waals surface area contributed by atoms with Crippen molar-refractivity contribution < 1.29 is 33.7 Å². The van der Waals surface area contributed by atoms with E-state index in [2.05, 4.69) is 19.8 Å². The van der Waals surface area contributed by atoms with Crippen molar-refractivity contribution in [2.45, 2.75) is 18.0 Å². The Morgan fingerprint density at radius 3 is 2.70 bits per heavy atom. The van der Waals surface area contributed by atoms with Crippen LogP contribution >= 0.6 is 23.3 Å². The maximum Gasteiger partial charge on any atom is 0.352 e. The van der Waals surface area contributed by atoms with E-state index in [1.807, 2.05) is 0 Å². The fraction of sp³-hybridized carbons (Fsp3) is 0.238. The fourth-order valence-electron chi connectivity index (χ4n) is 3.65. The summed E-state index contributed by atoms with van der Waals surface area (Å²) < 4.78 is 5.70. The molecule has 4 heterocycles. The summed E-state index contributed by atoms with van der Waals surface area (Å²) in [6.45, 7) is 0.396. The zero-order chi connectivity index (χ0) is 26.7. The van der Waals surface area contributed by atoms with E-state index in [1.165, 1.54) is 18.9 Å². The zero-order valence-corrected chi connectivity index (χ0v) is 20.9. The van der Waals surface area contributed by atoms with Gasteiger partial charge in [0.05, 0.1) is 5.56 Å². The molecule has 37 heavy (non-hydrogen) atoms. The quantitative estimate of drug-likeness (QED) is 0.129. The predicted molar refractivity (Wildman–Crippen MR) is 132 cm³/mol. The van der Waals surface area contributed by atoms with E-state index in [4.69, 9.17) is 16.3 Å². The Morgan fingerprint density at radius 1 is 1.38 bits per heavy atom. The van der Waals surface area contributed by atoms with E-state index in [0.29, 0.717) is 23.4 Å².